The molecule has 2 rings (SSSR count). The SMILES string of the molecule is NC(=O)CC(N)C(=O)Nc1ccccc1N1CCCC1=O. The van der Waals surface area contributed by atoms with E-state index in [9.17, 15) is 14.4 Å². The molecule has 7 heteroatoms. The third kappa shape index (κ3) is 3.57. The average molecular weight is 290 g/mol. The van der Waals surface area contributed by atoms with Crippen LogP contribution in [0, 0.1) is 0 Å². The summed E-state index contributed by atoms with van der Waals surface area (Å²) in [6.45, 7) is 0.624. The summed E-state index contributed by atoms with van der Waals surface area (Å²) in [6.07, 6.45) is 1.07. The van der Waals surface area contributed by atoms with Gasteiger partial charge < -0.3 is 21.7 Å². The second-order valence-corrected chi connectivity index (χ2v) is 4.93. The highest BCUT2D eigenvalue weighted by molar-refractivity contribution is 6.03. The molecule has 1 aromatic carbocycles. The van der Waals surface area contributed by atoms with Crippen molar-refractivity contribution in [3.63, 3.8) is 0 Å². The molecule has 1 unspecified atom stereocenters. The first-order valence-electron chi connectivity index (χ1n) is 6.73. The first-order chi connectivity index (χ1) is 9.99. The normalized spacial score (nSPS) is 15.9. The van der Waals surface area contributed by atoms with Gasteiger partial charge >= 0.3 is 0 Å². The number of rotatable bonds is 5. The molecule has 1 saturated heterocycles. The lowest BCUT2D eigenvalue weighted by molar-refractivity contribution is -0.123. The monoisotopic (exact) mass is 290 g/mol. The van der Waals surface area contributed by atoms with E-state index in [1.54, 1.807) is 29.2 Å². The van der Waals surface area contributed by atoms with Gasteiger partial charge in [-0.3, -0.25) is 14.4 Å². The summed E-state index contributed by atoms with van der Waals surface area (Å²) in [6, 6.07) is 5.98. The molecule has 1 heterocycles. The summed E-state index contributed by atoms with van der Waals surface area (Å²) in [4.78, 5) is 36.2. The number of benzene rings is 1. The van der Waals surface area contributed by atoms with Gasteiger partial charge in [0.2, 0.25) is 17.7 Å². The lowest BCUT2D eigenvalue weighted by Crippen LogP contribution is -2.39. The Hall–Kier alpha value is -2.41. The van der Waals surface area contributed by atoms with Gasteiger partial charge in [-0.25, -0.2) is 0 Å². The van der Waals surface area contributed by atoms with Gasteiger partial charge in [0.1, 0.15) is 0 Å². The number of hydrogen-bond donors (Lipinski definition) is 3. The van der Waals surface area contributed by atoms with Gasteiger partial charge in [-0.05, 0) is 18.6 Å². The van der Waals surface area contributed by atoms with Gasteiger partial charge in [0, 0.05) is 13.0 Å². The number of carbonyl (C=O) groups excluding carboxylic acids is 3. The zero-order chi connectivity index (χ0) is 15.4. The van der Waals surface area contributed by atoms with Crippen LogP contribution in [0.3, 0.4) is 0 Å². The van der Waals surface area contributed by atoms with Crippen molar-refractivity contribution >= 4 is 29.1 Å². The molecule has 7 nitrogen and oxygen atoms in total. The van der Waals surface area contributed by atoms with Gasteiger partial charge in [0.15, 0.2) is 0 Å². The first kappa shape index (κ1) is 15.0. The summed E-state index contributed by atoms with van der Waals surface area (Å²) in [5, 5.41) is 2.65. The minimum absolute atomic E-state index is 0.0260. The summed E-state index contributed by atoms with van der Waals surface area (Å²) in [5.41, 5.74) is 11.8. The van der Waals surface area contributed by atoms with Gasteiger partial charge in [0.25, 0.3) is 0 Å². The molecule has 1 aromatic rings. The van der Waals surface area contributed by atoms with Crippen LogP contribution in [0.1, 0.15) is 19.3 Å². The molecule has 1 aliphatic rings. The van der Waals surface area contributed by atoms with E-state index in [-0.39, 0.29) is 12.3 Å². The Kier molecular flexibility index (Phi) is 4.54. The van der Waals surface area contributed by atoms with Gasteiger partial charge in [-0.15, -0.1) is 0 Å². The molecule has 0 radical (unpaired) electrons. The van der Waals surface area contributed by atoms with Crippen molar-refractivity contribution in [3.05, 3.63) is 24.3 Å². The third-order valence-corrected chi connectivity index (χ3v) is 3.28. The number of nitrogens with two attached hydrogens (primary N) is 2. The molecule has 0 spiro atoms. The topological polar surface area (TPSA) is 119 Å². The highest BCUT2D eigenvalue weighted by Crippen LogP contribution is 2.29. The molecular weight excluding hydrogens is 272 g/mol. The number of nitrogens with zero attached hydrogens (tertiary/aromatic N) is 1. The van der Waals surface area contributed by atoms with Gasteiger partial charge in [0.05, 0.1) is 23.8 Å². The second-order valence-electron chi connectivity index (χ2n) is 4.93. The third-order valence-electron chi connectivity index (χ3n) is 3.28. The van der Waals surface area contributed by atoms with Crippen molar-refractivity contribution in [2.24, 2.45) is 11.5 Å². The van der Waals surface area contributed by atoms with E-state index in [1.807, 2.05) is 0 Å². The van der Waals surface area contributed by atoms with E-state index < -0.39 is 17.9 Å². The van der Waals surface area contributed by atoms with Crippen LogP contribution < -0.4 is 21.7 Å². The van der Waals surface area contributed by atoms with Crippen LogP contribution in [0.25, 0.3) is 0 Å². The molecule has 0 bridgehead atoms. The van der Waals surface area contributed by atoms with Crippen LogP contribution in [0.4, 0.5) is 11.4 Å². The Labute approximate surface area is 122 Å². The maximum absolute atomic E-state index is 11.9. The van der Waals surface area contributed by atoms with Crippen molar-refractivity contribution in [2.75, 3.05) is 16.8 Å². The Morgan fingerprint density at radius 3 is 2.67 bits per heavy atom. The van der Waals surface area contributed by atoms with E-state index in [0.29, 0.717) is 24.3 Å². The molecule has 3 amide bonds. The largest absolute Gasteiger partial charge is 0.370 e. The Bertz CT molecular complexity index is 573. The molecule has 1 atom stereocenters. The Morgan fingerprint density at radius 1 is 1.33 bits per heavy atom. The molecule has 0 aliphatic carbocycles. The van der Waals surface area contributed by atoms with Crippen molar-refractivity contribution in [1.29, 1.82) is 0 Å². The zero-order valence-corrected chi connectivity index (χ0v) is 11.5. The smallest absolute Gasteiger partial charge is 0.241 e. The minimum atomic E-state index is -1.01. The van der Waals surface area contributed by atoms with Crippen molar-refractivity contribution in [3.8, 4) is 0 Å². The Balaban J connectivity index is 2.15. The fraction of sp³-hybridized carbons (Fsp3) is 0.357. The van der Waals surface area contributed by atoms with Crippen LogP contribution in [0.5, 0.6) is 0 Å². The first-order valence-corrected chi connectivity index (χ1v) is 6.73. The van der Waals surface area contributed by atoms with Crippen molar-refractivity contribution in [2.45, 2.75) is 25.3 Å². The van der Waals surface area contributed by atoms with E-state index in [0.717, 1.165) is 6.42 Å². The number of carbonyl (C=O) groups is 3. The predicted octanol–water partition coefficient (Wildman–Crippen LogP) is -0.0454. The molecular formula is C14H18N4O3. The van der Waals surface area contributed by atoms with E-state index in [2.05, 4.69) is 5.32 Å². The number of primary amides is 1. The summed E-state index contributed by atoms with van der Waals surface area (Å²) >= 11 is 0. The van der Waals surface area contributed by atoms with Crippen LogP contribution in [-0.4, -0.2) is 30.3 Å². The minimum Gasteiger partial charge on any atom is -0.370 e. The Morgan fingerprint density at radius 2 is 2.05 bits per heavy atom. The molecule has 1 aliphatic heterocycles. The molecule has 5 N–H and O–H groups in total. The highest BCUT2D eigenvalue weighted by atomic mass is 16.2. The number of nitrogens with one attached hydrogen (secondary N) is 1. The summed E-state index contributed by atoms with van der Waals surface area (Å²) < 4.78 is 0. The highest BCUT2D eigenvalue weighted by Gasteiger charge is 2.25. The molecule has 1 fully saturated rings. The van der Waals surface area contributed by atoms with Crippen LogP contribution in [0.2, 0.25) is 0 Å². The van der Waals surface area contributed by atoms with Crippen LogP contribution in [0.15, 0.2) is 24.3 Å². The molecule has 21 heavy (non-hydrogen) atoms. The number of hydrogen-bond acceptors (Lipinski definition) is 4. The van der Waals surface area contributed by atoms with E-state index >= 15 is 0 Å². The summed E-state index contributed by atoms with van der Waals surface area (Å²) in [7, 11) is 0. The summed E-state index contributed by atoms with van der Waals surface area (Å²) in [5.74, 6) is -1.12. The van der Waals surface area contributed by atoms with Crippen LogP contribution in [-0.2, 0) is 14.4 Å². The standard InChI is InChI=1S/C14H18N4O3/c15-9(8-12(16)19)14(21)17-10-4-1-2-5-11(10)18-7-3-6-13(18)20/h1-2,4-5,9H,3,6-8,15H2,(H2,16,19)(H,17,21). The second kappa shape index (κ2) is 6.36. The molecule has 0 aromatic heterocycles. The fourth-order valence-electron chi connectivity index (χ4n) is 2.25. The predicted molar refractivity (Wildman–Crippen MR) is 78.4 cm³/mol. The number of para-hydroxylation sites is 2. The van der Waals surface area contributed by atoms with Gasteiger partial charge in [-0.1, -0.05) is 12.1 Å². The maximum Gasteiger partial charge on any atom is 0.241 e. The average Bonchev–Trinajstić information content (AvgIpc) is 2.84. The van der Waals surface area contributed by atoms with Crippen molar-refractivity contribution < 1.29 is 14.4 Å². The van der Waals surface area contributed by atoms with E-state index in [1.165, 1.54) is 0 Å². The van der Waals surface area contributed by atoms with E-state index in [4.69, 9.17) is 11.5 Å². The number of anilines is 2. The molecule has 112 valence electrons. The van der Waals surface area contributed by atoms with Crippen molar-refractivity contribution in [1.82, 2.24) is 0 Å². The lowest BCUT2D eigenvalue weighted by atomic mass is 10.2. The fourth-order valence-corrected chi connectivity index (χ4v) is 2.25. The molecule has 0 saturated carbocycles. The van der Waals surface area contributed by atoms with Crippen LogP contribution >= 0.6 is 0 Å². The number of amides is 3. The zero-order valence-electron chi connectivity index (χ0n) is 11.5. The lowest BCUT2D eigenvalue weighted by Gasteiger charge is -2.20. The quantitative estimate of drug-likeness (QED) is 0.704. The van der Waals surface area contributed by atoms with Gasteiger partial charge in [-0.2, -0.15) is 0 Å². The maximum atomic E-state index is 11.9.